The molecule has 15 heavy (non-hydrogen) atoms. The smallest absolute Gasteiger partial charge is 0.236 e. The fraction of sp³-hybridized carbons (Fsp3) is 0.909. The largest absolute Gasteiger partial charge is 0.368 e. The maximum absolute atomic E-state index is 11.3. The second-order valence-corrected chi connectivity index (χ2v) is 4.21. The van der Waals surface area contributed by atoms with Gasteiger partial charge in [0.25, 0.3) is 0 Å². The molecule has 0 bridgehead atoms. The average Bonchev–Trinajstić information content (AvgIpc) is 2.26. The van der Waals surface area contributed by atoms with E-state index in [0.717, 1.165) is 32.4 Å². The lowest BCUT2D eigenvalue weighted by Gasteiger charge is -2.39. The van der Waals surface area contributed by atoms with Crippen LogP contribution in [0.25, 0.3) is 0 Å². The fourth-order valence-corrected chi connectivity index (χ4v) is 2.36. The van der Waals surface area contributed by atoms with Gasteiger partial charge in [0.1, 0.15) is 6.04 Å². The number of nitrogens with two attached hydrogens (primary N) is 1. The van der Waals surface area contributed by atoms with Crippen LogP contribution in [0.3, 0.4) is 0 Å². The van der Waals surface area contributed by atoms with Crippen molar-refractivity contribution in [3.05, 3.63) is 0 Å². The Labute approximate surface area is 92.2 Å². The topological polar surface area (TPSA) is 58.4 Å². The molecule has 2 unspecified atom stereocenters. The van der Waals surface area contributed by atoms with Gasteiger partial charge >= 0.3 is 0 Å². The second-order valence-electron chi connectivity index (χ2n) is 4.21. The number of hydrogen-bond acceptors (Lipinski definition) is 3. The van der Waals surface area contributed by atoms with E-state index in [4.69, 9.17) is 5.73 Å². The highest BCUT2D eigenvalue weighted by Crippen LogP contribution is 2.15. The summed E-state index contributed by atoms with van der Waals surface area (Å²) in [6.45, 7) is 6.97. The third-order valence-corrected chi connectivity index (χ3v) is 3.18. The zero-order chi connectivity index (χ0) is 11.3. The van der Waals surface area contributed by atoms with Gasteiger partial charge in [-0.25, -0.2) is 0 Å². The molecule has 0 aromatic carbocycles. The second kappa shape index (κ2) is 6.08. The number of nitrogens with zero attached hydrogens (tertiary/aromatic N) is 1. The molecule has 4 heteroatoms. The molecule has 1 amide bonds. The molecule has 0 aliphatic carbocycles. The number of rotatable bonds is 5. The Kier molecular flexibility index (Phi) is 5.05. The Morgan fingerprint density at radius 3 is 2.87 bits per heavy atom. The van der Waals surface area contributed by atoms with Crippen molar-refractivity contribution in [3.8, 4) is 0 Å². The van der Waals surface area contributed by atoms with Crippen molar-refractivity contribution in [1.82, 2.24) is 10.2 Å². The third-order valence-electron chi connectivity index (χ3n) is 3.18. The molecule has 1 saturated heterocycles. The number of carbonyl (C=O) groups is 1. The van der Waals surface area contributed by atoms with Gasteiger partial charge in [-0.3, -0.25) is 9.69 Å². The lowest BCUT2D eigenvalue weighted by molar-refractivity contribution is -0.125. The molecule has 1 aliphatic rings. The summed E-state index contributed by atoms with van der Waals surface area (Å²) in [4.78, 5) is 13.6. The fourth-order valence-electron chi connectivity index (χ4n) is 2.36. The van der Waals surface area contributed by atoms with E-state index >= 15 is 0 Å². The number of primary amides is 1. The summed E-state index contributed by atoms with van der Waals surface area (Å²) in [6, 6.07) is 0.393. The Hall–Kier alpha value is -0.610. The summed E-state index contributed by atoms with van der Waals surface area (Å²) in [5, 5.41) is 3.22. The van der Waals surface area contributed by atoms with Crippen LogP contribution in [-0.4, -0.2) is 42.5 Å². The molecule has 4 nitrogen and oxygen atoms in total. The average molecular weight is 213 g/mol. The highest BCUT2D eigenvalue weighted by atomic mass is 16.1. The molecule has 0 spiro atoms. The van der Waals surface area contributed by atoms with Crippen LogP contribution >= 0.6 is 0 Å². The highest BCUT2D eigenvalue weighted by molar-refractivity contribution is 5.80. The predicted octanol–water partition coefficient (Wildman–Crippen LogP) is 0.324. The number of piperazine rings is 1. The van der Waals surface area contributed by atoms with Gasteiger partial charge in [0, 0.05) is 25.7 Å². The summed E-state index contributed by atoms with van der Waals surface area (Å²) in [7, 11) is 0. The normalized spacial score (nSPS) is 25.1. The summed E-state index contributed by atoms with van der Waals surface area (Å²) in [5.41, 5.74) is 5.43. The van der Waals surface area contributed by atoms with E-state index in [2.05, 4.69) is 24.1 Å². The van der Waals surface area contributed by atoms with Gasteiger partial charge in [-0.2, -0.15) is 0 Å². The lowest BCUT2D eigenvalue weighted by atomic mass is 10.0. The molecule has 0 radical (unpaired) electrons. The number of hydrogen-bond donors (Lipinski definition) is 2. The molecule has 1 heterocycles. The van der Waals surface area contributed by atoms with E-state index < -0.39 is 0 Å². The van der Waals surface area contributed by atoms with Crippen LogP contribution in [0.4, 0.5) is 0 Å². The van der Waals surface area contributed by atoms with E-state index in [0.29, 0.717) is 12.6 Å². The summed E-state index contributed by atoms with van der Waals surface area (Å²) < 4.78 is 0. The van der Waals surface area contributed by atoms with Crippen molar-refractivity contribution < 1.29 is 4.79 Å². The van der Waals surface area contributed by atoms with Gasteiger partial charge in [0.2, 0.25) is 5.91 Å². The third kappa shape index (κ3) is 3.18. The van der Waals surface area contributed by atoms with Gasteiger partial charge in [-0.15, -0.1) is 0 Å². The van der Waals surface area contributed by atoms with E-state index in [1.165, 1.54) is 0 Å². The quantitative estimate of drug-likeness (QED) is 0.691. The molecule has 1 rings (SSSR count). The minimum Gasteiger partial charge on any atom is -0.368 e. The van der Waals surface area contributed by atoms with Gasteiger partial charge < -0.3 is 11.1 Å². The molecule has 3 N–H and O–H groups in total. The Balaban J connectivity index is 2.64. The Morgan fingerprint density at radius 2 is 2.33 bits per heavy atom. The minimum atomic E-state index is -0.197. The van der Waals surface area contributed by atoms with Crippen molar-refractivity contribution in [3.63, 3.8) is 0 Å². The first-order valence-electron chi connectivity index (χ1n) is 5.96. The maximum atomic E-state index is 11.3. The number of amides is 1. The summed E-state index contributed by atoms with van der Waals surface area (Å²) in [5.74, 6) is -0.197. The van der Waals surface area contributed by atoms with E-state index in [9.17, 15) is 4.79 Å². The van der Waals surface area contributed by atoms with Gasteiger partial charge in [0.05, 0.1) is 0 Å². The van der Waals surface area contributed by atoms with E-state index in [1.54, 1.807) is 0 Å². The van der Waals surface area contributed by atoms with Crippen molar-refractivity contribution in [2.75, 3.05) is 19.6 Å². The molecule has 0 saturated carbocycles. The number of nitrogens with one attached hydrogen (secondary N) is 1. The molecule has 88 valence electrons. The number of carbonyl (C=O) groups excluding carboxylic acids is 1. The Bertz CT molecular complexity index is 208. The van der Waals surface area contributed by atoms with Gasteiger partial charge in [-0.1, -0.05) is 20.3 Å². The van der Waals surface area contributed by atoms with Gasteiger partial charge in [-0.05, 0) is 12.8 Å². The van der Waals surface area contributed by atoms with Crippen molar-refractivity contribution in [1.29, 1.82) is 0 Å². The van der Waals surface area contributed by atoms with E-state index in [1.807, 2.05) is 0 Å². The monoisotopic (exact) mass is 213 g/mol. The van der Waals surface area contributed by atoms with Crippen molar-refractivity contribution >= 4 is 5.91 Å². The van der Waals surface area contributed by atoms with Crippen molar-refractivity contribution in [2.24, 2.45) is 5.73 Å². The van der Waals surface area contributed by atoms with Crippen LogP contribution in [0, 0.1) is 0 Å². The predicted molar refractivity (Wildman–Crippen MR) is 61.5 cm³/mol. The summed E-state index contributed by atoms with van der Waals surface area (Å²) in [6.07, 6.45) is 3.41. The molecular formula is C11H23N3O. The van der Waals surface area contributed by atoms with Crippen LogP contribution < -0.4 is 11.1 Å². The highest BCUT2D eigenvalue weighted by Gasteiger charge is 2.30. The van der Waals surface area contributed by atoms with Crippen LogP contribution in [-0.2, 0) is 4.79 Å². The van der Waals surface area contributed by atoms with Gasteiger partial charge in [0.15, 0.2) is 0 Å². The zero-order valence-corrected chi connectivity index (χ0v) is 9.83. The first-order valence-corrected chi connectivity index (χ1v) is 5.96. The summed E-state index contributed by atoms with van der Waals surface area (Å²) >= 11 is 0. The van der Waals surface area contributed by atoms with Crippen LogP contribution in [0.15, 0.2) is 0 Å². The standard InChI is InChI=1S/C11H23N3O/c1-3-5-9(4-2)14-7-6-13-8-10(14)11(12)15/h9-10,13H,3-8H2,1-2H3,(H2,12,15). The molecule has 2 atom stereocenters. The Morgan fingerprint density at radius 1 is 1.60 bits per heavy atom. The first-order chi connectivity index (χ1) is 7.20. The SMILES string of the molecule is CCCC(CC)N1CCNCC1C(N)=O. The molecule has 0 aromatic rings. The molecule has 1 aliphatic heterocycles. The molecule has 1 fully saturated rings. The zero-order valence-electron chi connectivity index (χ0n) is 9.83. The first kappa shape index (κ1) is 12.5. The molecular weight excluding hydrogens is 190 g/mol. The maximum Gasteiger partial charge on any atom is 0.236 e. The van der Waals surface area contributed by atoms with Crippen LogP contribution in [0.1, 0.15) is 33.1 Å². The van der Waals surface area contributed by atoms with Crippen LogP contribution in [0.5, 0.6) is 0 Å². The van der Waals surface area contributed by atoms with E-state index in [-0.39, 0.29) is 11.9 Å². The molecule has 0 aromatic heterocycles. The lowest BCUT2D eigenvalue weighted by Crippen LogP contribution is -2.59. The van der Waals surface area contributed by atoms with Crippen molar-refractivity contribution in [2.45, 2.75) is 45.2 Å². The van der Waals surface area contributed by atoms with Crippen LogP contribution in [0.2, 0.25) is 0 Å². The minimum absolute atomic E-state index is 0.116.